The number of carbonyl (C=O) groups is 1. The van der Waals surface area contributed by atoms with Crippen LogP contribution < -0.4 is 15.1 Å². The molecular weight excluding hydrogens is 340 g/mol. The lowest BCUT2D eigenvalue weighted by atomic mass is 10.2. The Morgan fingerprint density at radius 1 is 1.04 bits per heavy atom. The van der Waals surface area contributed by atoms with E-state index in [9.17, 15) is 4.79 Å². The van der Waals surface area contributed by atoms with Crippen molar-refractivity contribution in [2.45, 2.75) is 13.3 Å². The zero-order valence-corrected chi connectivity index (χ0v) is 15.5. The predicted molar refractivity (Wildman–Crippen MR) is 106 cm³/mol. The van der Waals surface area contributed by atoms with Gasteiger partial charge in [0.15, 0.2) is 0 Å². The molecule has 0 atom stereocenters. The molecule has 27 heavy (non-hydrogen) atoms. The monoisotopic (exact) mass is 364 g/mol. The summed E-state index contributed by atoms with van der Waals surface area (Å²) in [5.74, 6) is 1.88. The van der Waals surface area contributed by atoms with Crippen molar-refractivity contribution in [1.82, 2.24) is 19.7 Å². The maximum absolute atomic E-state index is 12.3. The van der Waals surface area contributed by atoms with Gasteiger partial charge in [0.25, 0.3) is 5.91 Å². The fraction of sp³-hybridized carbons (Fsp3) is 0.350. The first-order chi connectivity index (χ1) is 13.3. The zero-order valence-electron chi connectivity index (χ0n) is 15.5. The van der Waals surface area contributed by atoms with Crippen LogP contribution >= 0.6 is 0 Å². The van der Waals surface area contributed by atoms with Crippen molar-refractivity contribution in [3.05, 3.63) is 54.5 Å². The Morgan fingerprint density at radius 2 is 1.74 bits per heavy atom. The zero-order chi connectivity index (χ0) is 18.6. The summed E-state index contributed by atoms with van der Waals surface area (Å²) in [6, 6.07) is 9.93. The lowest BCUT2D eigenvalue weighted by Gasteiger charge is -2.35. The molecule has 1 saturated heterocycles. The second-order valence-electron chi connectivity index (χ2n) is 6.68. The minimum atomic E-state index is -0.0237. The summed E-state index contributed by atoms with van der Waals surface area (Å²) in [4.78, 5) is 25.5. The molecule has 0 spiro atoms. The first-order valence-electron chi connectivity index (χ1n) is 9.42. The van der Waals surface area contributed by atoms with Gasteiger partial charge in [0.1, 0.15) is 5.82 Å². The number of amides is 1. The lowest BCUT2D eigenvalue weighted by molar-refractivity contribution is 0.0953. The average molecular weight is 364 g/mol. The minimum absolute atomic E-state index is 0.0237. The van der Waals surface area contributed by atoms with Crippen LogP contribution in [-0.2, 0) is 0 Å². The van der Waals surface area contributed by atoms with Gasteiger partial charge in [-0.05, 0) is 36.8 Å². The van der Waals surface area contributed by atoms with Crippen LogP contribution in [0.25, 0.3) is 5.52 Å². The Morgan fingerprint density at radius 3 is 2.48 bits per heavy atom. The molecule has 7 nitrogen and oxygen atoms in total. The van der Waals surface area contributed by atoms with E-state index in [1.165, 1.54) is 0 Å². The molecule has 1 aliphatic heterocycles. The largest absolute Gasteiger partial charge is 0.354 e. The highest BCUT2D eigenvalue weighted by Gasteiger charge is 2.21. The molecule has 0 unspecified atom stereocenters. The van der Waals surface area contributed by atoms with Gasteiger partial charge >= 0.3 is 0 Å². The van der Waals surface area contributed by atoms with Crippen molar-refractivity contribution >= 4 is 23.2 Å². The van der Waals surface area contributed by atoms with Crippen LogP contribution in [0.15, 0.2) is 48.9 Å². The van der Waals surface area contributed by atoms with Crippen LogP contribution in [-0.4, -0.2) is 53.0 Å². The molecule has 0 bridgehead atoms. The Labute approximate surface area is 158 Å². The van der Waals surface area contributed by atoms with Crippen LogP contribution in [0.4, 0.5) is 11.8 Å². The summed E-state index contributed by atoms with van der Waals surface area (Å²) in [6.07, 6.45) is 6.42. The summed E-state index contributed by atoms with van der Waals surface area (Å²) in [7, 11) is 0. The molecule has 3 aromatic rings. The van der Waals surface area contributed by atoms with Crippen molar-refractivity contribution in [2.75, 3.05) is 42.5 Å². The van der Waals surface area contributed by atoms with Gasteiger partial charge in [0, 0.05) is 56.8 Å². The van der Waals surface area contributed by atoms with E-state index in [0.29, 0.717) is 12.1 Å². The number of hydrogen-bond acceptors (Lipinski definition) is 5. The highest BCUT2D eigenvalue weighted by molar-refractivity contribution is 5.94. The number of pyridine rings is 1. The summed E-state index contributed by atoms with van der Waals surface area (Å²) >= 11 is 0. The molecule has 4 rings (SSSR count). The third-order valence-corrected chi connectivity index (χ3v) is 4.87. The Bertz CT molecular complexity index is 915. The molecule has 1 N–H and O–H groups in total. The fourth-order valence-electron chi connectivity index (χ4n) is 3.41. The SMILES string of the molecule is CCCNC(=O)c1ccc2ccc(N3CCN(c4ncccn4)CC3)n2c1. The van der Waals surface area contributed by atoms with Crippen LogP contribution in [0.2, 0.25) is 0 Å². The number of carbonyl (C=O) groups excluding carboxylic acids is 1. The smallest absolute Gasteiger partial charge is 0.252 e. The van der Waals surface area contributed by atoms with Gasteiger partial charge in [-0.15, -0.1) is 0 Å². The van der Waals surface area contributed by atoms with Gasteiger partial charge in [-0.3, -0.25) is 4.79 Å². The van der Waals surface area contributed by atoms with E-state index in [2.05, 4.69) is 41.6 Å². The number of anilines is 2. The van der Waals surface area contributed by atoms with Gasteiger partial charge < -0.3 is 19.5 Å². The van der Waals surface area contributed by atoms with E-state index >= 15 is 0 Å². The van der Waals surface area contributed by atoms with Gasteiger partial charge in [-0.1, -0.05) is 6.92 Å². The summed E-state index contributed by atoms with van der Waals surface area (Å²) < 4.78 is 2.11. The van der Waals surface area contributed by atoms with E-state index in [0.717, 1.165) is 49.9 Å². The number of fused-ring (bicyclic) bond motifs is 1. The van der Waals surface area contributed by atoms with Gasteiger partial charge in [0.2, 0.25) is 5.95 Å². The highest BCUT2D eigenvalue weighted by atomic mass is 16.1. The van der Waals surface area contributed by atoms with E-state index in [1.54, 1.807) is 12.4 Å². The van der Waals surface area contributed by atoms with Crippen LogP contribution in [0.1, 0.15) is 23.7 Å². The van der Waals surface area contributed by atoms with Crippen molar-refractivity contribution in [3.8, 4) is 0 Å². The van der Waals surface area contributed by atoms with Crippen molar-refractivity contribution < 1.29 is 4.79 Å². The summed E-state index contributed by atoms with van der Waals surface area (Å²) in [6.45, 7) is 6.25. The third-order valence-electron chi connectivity index (χ3n) is 4.87. The number of nitrogens with one attached hydrogen (secondary N) is 1. The Hall–Kier alpha value is -3.09. The first-order valence-corrected chi connectivity index (χ1v) is 9.42. The topological polar surface area (TPSA) is 65.8 Å². The maximum atomic E-state index is 12.3. The second kappa shape index (κ2) is 7.65. The van der Waals surface area contributed by atoms with Crippen molar-refractivity contribution in [2.24, 2.45) is 0 Å². The number of hydrogen-bond donors (Lipinski definition) is 1. The standard InChI is InChI=1S/C20H24N6O/c1-2-8-21-19(27)16-4-5-17-6-7-18(26(17)15-16)24-11-13-25(14-12-24)20-22-9-3-10-23-20/h3-7,9-10,15H,2,8,11-14H2,1H3,(H,21,27). The van der Waals surface area contributed by atoms with Gasteiger partial charge in [-0.2, -0.15) is 0 Å². The number of piperazine rings is 1. The Kier molecular flexibility index (Phi) is 4.91. The lowest BCUT2D eigenvalue weighted by Crippen LogP contribution is -2.47. The molecule has 4 heterocycles. The molecule has 140 valence electrons. The first kappa shape index (κ1) is 17.3. The van der Waals surface area contributed by atoms with Crippen molar-refractivity contribution in [1.29, 1.82) is 0 Å². The maximum Gasteiger partial charge on any atom is 0.252 e. The molecule has 1 fully saturated rings. The van der Waals surface area contributed by atoms with Crippen molar-refractivity contribution in [3.63, 3.8) is 0 Å². The van der Waals surface area contributed by atoms with Crippen LogP contribution in [0.3, 0.4) is 0 Å². The molecule has 1 aliphatic rings. The summed E-state index contributed by atoms with van der Waals surface area (Å²) in [5.41, 5.74) is 1.77. The normalized spacial score (nSPS) is 14.6. The molecule has 0 aliphatic carbocycles. The molecule has 7 heteroatoms. The molecule has 0 saturated carbocycles. The fourth-order valence-corrected chi connectivity index (χ4v) is 3.41. The number of rotatable bonds is 5. The third kappa shape index (κ3) is 3.58. The summed E-state index contributed by atoms with van der Waals surface area (Å²) in [5, 5.41) is 2.94. The average Bonchev–Trinajstić information content (AvgIpc) is 3.16. The molecular formula is C20H24N6O. The Balaban J connectivity index is 1.51. The number of nitrogens with zero attached hydrogens (tertiary/aromatic N) is 5. The van der Waals surface area contributed by atoms with E-state index in [1.807, 2.05) is 31.3 Å². The predicted octanol–water partition coefficient (Wildman–Crippen LogP) is 2.20. The second-order valence-corrected chi connectivity index (χ2v) is 6.68. The molecule has 0 radical (unpaired) electrons. The van der Waals surface area contributed by atoms with E-state index in [4.69, 9.17) is 0 Å². The minimum Gasteiger partial charge on any atom is -0.354 e. The van der Waals surface area contributed by atoms with Crippen LogP contribution in [0, 0.1) is 0 Å². The molecule has 1 amide bonds. The van der Waals surface area contributed by atoms with Gasteiger partial charge in [-0.25, -0.2) is 9.97 Å². The quantitative estimate of drug-likeness (QED) is 0.752. The van der Waals surface area contributed by atoms with Gasteiger partial charge in [0.05, 0.1) is 5.56 Å². The number of aromatic nitrogens is 3. The molecule has 3 aromatic heterocycles. The molecule has 0 aromatic carbocycles. The van der Waals surface area contributed by atoms with E-state index < -0.39 is 0 Å². The highest BCUT2D eigenvalue weighted by Crippen LogP contribution is 2.22. The van der Waals surface area contributed by atoms with E-state index in [-0.39, 0.29) is 5.91 Å². The van der Waals surface area contributed by atoms with Crippen LogP contribution in [0.5, 0.6) is 0 Å².